The van der Waals surface area contributed by atoms with Crippen LogP contribution in [0.25, 0.3) is 0 Å². The normalized spacial score (nSPS) is 15.5. The Balaban J connectivity index is 1.61. The monoisotopic (exact) mass is 346 g/mol. The van der Waals surface area contributed by atoms with E-state index in [-0.39, 0.29) is 11.8 Å². The Morgan fingerprint density at radius 2 is 1.77 bits per heavy atom. The van der Waals surface area contributed by atoms with Crippen molar-refractivity contribution in [2.75, 3.05) is 4.90 Å². The minimum absolute atomic E-state index is 0.173. The molecule has 1 aromatic heterocycles. The van der Waals surface area contributed by atoms with Crippen LogP contribution < -0.4 is 10.2 Å². The summed E-state index contributed by atoms with van der Waals surface area (Å²) in [5.74, 6) is 0.311. The van der Waals surface area contributed by atoms with Crippen molar-refractivity contribution in [3.05, 3.63) is 89.9 Å². The molecule has 1 N–H and O–H groups in total. The number of amides is 2. The van der Waals surface area contributed by atoms with Crippen molar-refractivity contribution in [3.8, 4) is 0 Å². The fourth-order valence-electron chi connectivity index (χ4n) is 3.27. The minimum atomic E-state index is -0.574. The zero-order chi connectivity index (χ0) is 17.9. The largest absolute Gasteiger partial charge is 0.467 e. The summed E-state index contributed by atoms with van der Waals surface area (Å²) in [4.78, 5) is 27.5. The van der Waals surface area contributed by atoms with E-state index in [1.54, 1.807) is 35.4 Å². The van der Waals surface area contributed by atoms with Gasteiger partial charge >= 0.3 is 0 Å². The third-order valence-corrected chi connectivity index (χ3v) is 4.54. The van der Waals surface area contributed by atoms with Crippen molar-refractivity contribution in [1.82, 2.24) is 5.32 Å². The smallest absolute Gasteiger partial charge is 0.259 e. The number of furan rings is 1. The third kappa shape index (κ3) is 2.99. The van der Waals surface area contributed by atoms with E-state index < -0.39 is 6.04 Å². The molecule has 5 heteroatoms. The molecular weight excluding hydrogens is 328 g/mol. The lowest BCUT2D eigenvalue weighted by Gasteiger charge is -2.25. The molecule has 2 amide bonds. The van der Waals surface area contributed by atoms with E-state index in [9.17, 15) is 9.59 Å². The van der Waals surface area contributed by atoms with E-state index in [0.29, 0.717) is 24.3 Å². The van der Waals surface area contributed by atoms with Crippen LogP contribution in [-0.4, -0.2) is 17.9 Å². The highest BCUT2D eigenvalue weighted by molar-refractivity contribution is 6.11. The molecule has 0 saturated carbocycles. The fourth-order valence-corrected chi connectivity index (χ4v) is 3.27. The molecule has 1 atom stereocenters. The van der Waals surface area contributed by atoms with Gasteiger partial charge < -0.3 is 9.73 Å². The average Bonchev–Trinajstić information content (AvgIpc) is 3.34. The predicted molar refractivity (Wildman–Crippen MR) is 97.7 cm³/mol. The Morgan fingerprint density at radius 3 is 2.54 bits per heavy atom. The summed E-state index contributed by atoms with van der Waals surface area (Å²) in [5, 5.41) is 2.87. The molecule has 0 radical (unpaired) electrons. The van der Waals surface area contributed by atoms with Crippen molar-refractivity contribution in [2.45, 2.75) is 19.0 Å². The summed E-state index contributed by atoms with van der Waals surface area (Å²) in [6, 6.07) is 19.7. The number of para-hydroxylation sites is 1. The molecule has 0 spiro atoms. The van der Waals surface area contributed by atoms with E-state index in [2.05, 4.69) is 5.32 Å². The molecule has 0 saturated heterocycles. The van der Waals surface area contributed by atoms with E-state index in [1.807, 2.05) is 42.5 Å². The molecule has 26 heavy (non-hydrogen) atoms. The van der Waals surface area contributed by atoms with Gasteiger partial charge in [-0.1, -0.05) is 36.4 Å². The van der Waals surface area contributed by atoms with Gasteiger partial charge in [-0.3, -0.25) is 14.5 Å². The number of rotatable bonds is 4. The molecule has 0 aliphatic carbocycles. The van der Waals surface area contributed by atoms with Crippen molar-refractivity contribution < 1.29 is 14.0 Å². The van der Waals surface area contributed by atoms with Crippen LogP contribution in [0, 0.1) is 0 Å². The molecule has 4 rings (SSSR count). The van der Waals surface area contributed by atoms with Crippen LogP contribution in [-0.2, 0) is 17.8 Å². The van der Waals surface area contributed by atoms with Gasteiger partial charge in [0.2, 0.25) is 5.91 Å². The second kappa shape index (κ2) is 6.88. The molecular formula is C21H18N2O3. The summed E-state index contributed by atoms with van der Waals surface area (Å²) >= 11 is 0. The number of fused-ring (bicyclic) bond motifs is 1. The molecule has 0 fully saturated rings. The molecule has 2 aromatic carbocycles. The SMILES string of the molecule is O=C(NCc1ccco1)[C@H]1Cc2ccccc2N1C(=O)c1ccccc1. The van der Waals surface area contributed by atoms with Gasteiger partial charge in [-0.05, 0) is 35.9 Å². The summed E-state index contributed by atoms with van der Waals surface area (Å²) < 4.78 is 5.26. The number of carbonyl (C=O) groups excluding carboxylic acids is 2. The Kier molecular flexibility index (Phi) is 4.27. The number of nitrogens with one attached hydrogen (secondary N) is 1. The molecule has 0 unspecified atom stereocenters. The maximum Gasteiger partial charge on any atom is 0.259 e. The Hall–Kier alpha value is -3.34. The first-order valence-corrected chi connectivity index (χ1v) is 8.50. The first-order chi connectivity index (χ1) is 12.7. The van der Waals surface area contributed by atoms with Gasteiger partial charge in [-0.25, -0.2) is 0 Å². The molecule has 2 heterocycles. The minimum Gasteiger partial charge on any atom is -0.467 e. The average molecular weight is 346 g/mol. The number of benzene rings is 2. The Bertz CT molecular complexity index is 919. The molecule has 1 aliphatic heterocycles. The van der Waals surface area contributed by atoms with Gasteiger partial charge in [-0.15, -0.1) is 0 Å². The Morgan fingerprint density at radius 1 is 1.00 bits per heavy atom. The van der Waals surface area contributed by atoms with Crippen molar-refractivity contribution in [2.24, 2.45) is 0 Å². The second-order valence-corrected chi connectivity index (χ2v) is 6.19. The maximum absolute atomic E-state index is 13.1. The number of anilines is 1. The van der Waals surface area contributed by atoms with Gasteiger partial charge in [-0.2, -0.15) is 0 Å². The zero-order valence-corrected chi connectivity index (χ0v) is 14.1. The standard InChI is InChI=1S/C21H18N2O3/c24-20(22-14-17-10-6-12-26-17)19-13-16-9-4-5-11-18(16)23(19)21(25)15-7-2-1-3-8-15/h1-12,19H,13-14H2,(H,22,24)/t19-/m1/s1. The fraction of sp³-hybridized carbons (Fsp3) is 0.143. The van der Waals surface area contributed by atoms with Crippen LogP contribution in [0.15, 0.2) is 77.4 Å². The van der Waals surface area contributed by atoms with Gasteiger partial charge in [0.25, 0.3) is 5.91 Å². The Labute approximate surface area is 151 Å². The second-order valence-electron chi connectivity index (χ2n) is 6.19. The van der Waals surface area contributed by atoms with Gasteiger partial charge in [0.1, 0.15) is 11.8 Å². The summed E-state index contributed by atoms with van der Waals surface area (Å²) in [6.45, 7) is 0.298. The first-order valence-electron chi connectivity index (χ1n) is 8.50. The number of carbonyl (C=O) groups is 2. The van der Waals surface area contributed by atoms with Crippen LogP contribution in [0.1, 0.15) is 21.7 Å². The van der Waals surface area contributed by atoms with Crippen molar-refractivity contribution in [3.63, 3.8) is 0 Å². The van der Waals surface area contributed by atoms with Crippen LogP contribution >= 0.6 is 0 Å². The van der Waals surface area contributed by atoms with Crippen molar-refractivity contribution in [1.29, 1.82) is 0 Å². The van der Waals surface area contributed by atoms with E-state index >= 15 is 0 Å². The molecule has 5 nitrogen and oxygen atoms in total. The molecule has 1 aliphatic rings. The van der Waals surface area contributed by atoms with Crippen LogP contribution in [0.2, 0.25) is 0 Å². The first kappa shape index (κ1) is 16.1. The van der Waals surface area contributed by atoms with Gasteiger partial charge in [0.05, 0.1) is 12.8 Å². The van der Waals surface area contributed by atoms with E-state index in [4.69, 9.17) is 4.42 Å². The van der Waals surface area contributed by atoms with Gasteiger partial charge in [0.15, 0.2) is 0 Å². The highest BCUT2D eigenvalue weighted by Crippen LogP contribution is 2.33. The number of hydrogen-bond acceptors (Lipinski definition) is 3. The molecule has 3 aromatic rings. The topological polar surface area (TPSA) is 62.6 Å². The number of hydrogen-bond donors (Lipinski definition) is 1. The maximum atomic E-state index is 13.1. The highest BCUT2D eigenvalue weighted by atomic mass is 16.3. The zero-order valence-electron chi connectivity index (χ0n) is 14.1. The lowest BCUT2D eigenvalue weighted by molar-refractivity contribution is -0.122. The molecule has 0 bridgehead atoms. The predicted octanol–water partition coefficient (Wildman–Crippen LogP) is 3.17. The quantitative estimate of drug-likeness (QED) is 0.789. The highest BCUT2D eigenvalue weighted by Gasteiger charge is 2.38. The van der Waals surface area contributed by atoms with Crippen LogP contribution in [0.4, 0.5) is 5.69 Å². The third-order valence-electron chi connectivity index (χ3n) is 4.54. The number of nitrogens with zero attached hydrogens (tertiary/aromatic N) is 1. The van der Waals surface area contributed by atoms with E-state index in [0.717, 1.165) is 11.3 Å². The van der Waals surface area contributed by atoms with Gasteiger partial charge in [0, 0.05) is 17.7 Å². The lowest BCUT2D eigenvalue weighted by atomic mass is 10.1. The van der Waals surface area contributed by atoms with Crippen LogP contribution in [0.5, 0.6) is 0 Å². The summed E-state index contributed by atoms with van der Waals surface area (Å²) in [7, 11) is 0. The summed E-state index contributed by atoms with van der Waals surface area (Å²) in [5.41, 5.74) is 2.35. The summed E-state index contributed by atoms with van der Waals surface area (Å²) in [6.07, 6.45) is 2.07. The van der Waals surface area contributed by atoms with Crippen LogP contribution in [0.3, 0.4) is 0 Å². The lowest BCUT2D eigenvalue weighted by Crippen LogP contribution is -2.47. The molecule has 130 valence electrons. The van der Waals surface area contributed by atoms with Crippen molar-refractivity contribution >= 4 is 17.5 Å². The van der Waals surface area contributed by atoms with E-state index in [1.165, 1.54) is 0 Å².